The molecule has 7 heteroatoms. The van der Waals surface area contributed by atoms with E-state index in [0.717, 1.165) is 37.2 Å². The minimum atomic E-state index is -0.316. The fourth-order valence-electron chi connectivity index (χ4n) is 3.62. The third-order valence-corrected chi connectivity index (χ3v) is 5.05. The first-order valence-corrected chi connectivity index (χ1v) is 8.49. The highest BCUT2D eigenvalue weighted by Gasteiger charge is 2.43. The van der Waals surface area contributed by atoms with E-state index in [-0.39, 0.29) is 11.5 Å². The van der Waals surface area contributed by atoms with Gasteiger partial charge in [-0.1, -0.05) is 6.92 Å². The van der Waals surface area contributed by atoms with Gasteiger partial charge < -0.3 is 9.64 Å². The second kappa shape index (κ2) is 5.98. The monoisotopic (exact) mass is 327 g/mol. The zero-order chi connectivity index (χ0) is 16.6. The Hall–Kier alpha value is -2.28. The lowest BCUT2D eigenvalue weighted by Crippen LogP contribution is -2.48. The molecule has 0 aliphatic carbocycles. The third kappa shape index (κ3) is 2.49. The predicted molar refractivity (Wildman–Crippen MR) is 86.5 cm³/mol. The van der Waals surface area contributed by atoms with Crippen molar-refractivity contribution in [3.8, 4) is 0 Å². The number of piperidine rings is 1. The molecule has 2 aliphatic heterocycles. The van der Waals surface area contributed by atoms with Crippen LogP contribution in [0.4, 0.5) is 0 Å². The number of nitrogens with one attached hydrogen (secondary N) is 1. The number of aryl methyl sites for hydroxylation is 1. The Labute approximate surface area is 140 Å². The SMILES string of the molecule is CCc1ncc(C(=O)N2CCC3(CC2)OCCc2cn[nH]c23)cn1. The molecular formula is C17H21N5O2. The quantitative estimate of drug-likeness (QED) is 0.903. The fourth-order valence-corrected chi connectivity index (χ4v) is 3.62. The van der Waals surface area contributed by atoms with E-state index in [1.165, 1.54) is 5.56 Å². The number of carbonyl (C=O) groups excluding carboxylic acids is 1. The molecule has 1 saturated heterocycles. The highest BCUT2D eigenvalue weighted by Crippen LogP contribution is 2.40. The summed E-state index contributed by atoms with van der Waals surface area (Å²) in [7, 11) is 0. The first-order chi connectivity index (χ1) is 11.7. The zero-order valence-corrected chi connectivity index (χ0v) is 13.8. The van der Waals surface area contributed by atoms with E-state index >= 15 is 0 Å². The van der Waals surface area contributed by atoms with Crippen LogP contribution >= 0.6 is 0 Å². The van der Waals surface area contributed by atoms with E-state index in [4.69, 9.17) is 4.74 Å². The van der Waals surface area contributed by atoms with Crippen LogP contribution in [0.3, 0.4) is 0 Å². The van der Waals surface area contributed by atoms with E-state index in [0.29, 0.717) is 25.3 Å². The van der Waals surface area contributed by atoms with Gasteiger partial charge in [-0.05, 0) is 24.8 Å². The number of rotatable bonds is 2. The molecule has 1 amide bonds. The lowest BCUT2D eigenvalue weighted by molar-refractivity contribution is -0.0962. The predicted octanol–water partition coefficient (Wildman–Crippen LogP) is 1.47. The lowest BCUT2D eigenvalue weighted by atomic mass is 9.83. The number of aromatic nitrogens is 4. The lowest BCUT2D eigenvalue weighted by Gasteiger charge is -2.43. The van der Waals surface area contributed by atoms with Gasteiger partial charge in [-0.3, -0.25) is 9.89 Å². The molecule has 4 heterocycles. The number of hydrogen-bond acceptors (Lipinski definition) is 5. The van der Waals surface area contributed by atoms with Gasteiger partial charge in [0.05, 0.1) is 24.1 Å². The average molecular weight is 327 g/mol. The van der Waals surface area contributed by atoms with Gasteiger partial charge in [0.25, 0.3) is 5.91 Å². The average Bonchev–Trinajstić information content (AvgIpc) is 3.12. The van der Waals surface area contributed by atoms with Crippen LogP contribution in [0.1, 0.15) is 47.2 Å². The summed E-state index contributed by atoms with van der Waals surface area (Å²) in [6.07, 6.45) is 8.38. The van der Waals surface area contributed by atoms with Gasteiger partial charge in [-0.25, -0.2) is 9.97 Å². The van der Waals surface area contributed by atoms with Crippen LogP contribution in [0.5, 0.6) is 0 Å². The van der Waals surface area contributed by atoms with Crippen LogP contribution in [-0.4, -0.2) is 50.7 Å². The maximum absolute atomic E-state index is 12.7. The molecule has 2 aromatic rings. The van der Waals surface area contributed by atoms with Crippen molar-refractivity contribution < 1.29 is 9.53 Å². The van der Waals surface area contributed by atoms with Crippen LogP contribution in [-0.2, 0) is 23.2 Å². The van der Waals surface area contributed by atoms with Gasteiger partial charge in [0, 0.05) is 31.9 Å². The number of fused-ring (bicyclic) bond motifs is 2. The fraction of sp³-hybridized carbons (Fsp3) is 0.529. The molecule has 2 aliphatic rings. The standard InChI is InChI=1S/C17H21N5O2/c1-2-14-18-9-13(10-19-14)16(23)22-6-4-17(5-7-22)15-12(3-8-24-17)11-20-21-15/h9-11H,2-8H2,1H3,(H,20,21). The molecule has 1 N–H and O–H groups in total. The maximum atomic E-state index is 12.7. The summed E-state index contributed by atoms with van der Waals surface area (Å²) in [5.74, 6) is 0.750. The number of carbonyl (C=O) groups is 1. The minimum absolute atomic E-state index is 0.00635. The number of likely N-dealkylation sites (tertiary alicyclic amines) is 1. The van der Waals surface area contributed by atoms with Crippen molar-refractivity contribution in [2.75, 3.05) is 19.7 Å². The molecule has 0 aromatic carbocycles. The summed E-state index contributed by atoms with van der Waals surface area (Å²) >= 11 is 0. The summed E-state index contributed by atoms with van der Waals surface area (Å²) in [5, 5.41) is 7.28. The van der Waals surface area contributed by atoms with Crippen molar-refractivity contribution in [3.05, 3.63) is 41.2 Å². The second-order valence-electron chi connectivity index (χ2n) is 6.40. The number of hydrogen-bond donors (Lipinski definition) is 1. The summed E-state index contributed by atoms with van der Waals surface area (Å²) in [4.78, 5) is 23.0. The van der Waals surface area contributed by atoms with Gasteiger partial charge in [0.2, 0.25) is 0 Å². The molecule has 24 heavy (non-hydrogen) atoms. The summed E-state index contributed by atoms with van der Waals surface area (Å²) in [6, 6.07) is 0. The molecule has 0 radical (unpaired) electrons. The molecule has 0 unspecified atom stereocenters. The molecule has 0 atom stereocenters. The minimum Gasteiger partial charge on any atom is -0.368 e. The Balaban J connectivity index is 1.47. The molecule has 1 fully saturated rings. The van der Waals surface area contributed by atoms with Crippen LogP contribution in [0.25, 0.3) is 0 Å². The molecule has 0 saturated carbocycles. The number of aromatic amines is 1. The first kappa shape index (κ1) is 15.3. The van der Waals surface area contributed by atoms with E-state index in [9.17, 15) is 4.79 Å². The van der Waals surface area contributed by atoms with Crippen LogP contribution in [0, 0.1) is 0 Å². The van der Waals surface area contributed by atoms with E-state index in [1.807, 2.05) is 18.0 Å². The smallest absolute Gasteiger partial charge is 0.256 e. The number of H-pyrrole nitrogens is 1. The van der Waals surface area contributed by atoms with Crippen molar-refractivity contribution in [3.63, 3.8) is 0 Å². The summed E-state index contributed by atoms with van der Waals surface area (Å²) < 4.78 is 6.12. The van der Waals surface area contributed by atoms with Gasteiger partial charge in [0.15, 0.2) is 0 Å². The molecule has 0 bridgehead atoms. The molecule has 1 spiro atoms. The Bertz CT molecular complexity index is 732. The molecule has 7 nitrogen and oxygen atoms in total. The van der Waals surface area contributed by atoms with Crippen molar-refractivity contribution in [1.82, 2.24) is 25.1 Å². The third-order valence-electron chi connectivity index (χ3n) is 5.05. The topological polar surface area (TPSA) is 84.0 Å². The zero-order valence-electron chi connectivity index (χ0n) is 13.8. The van der Waals surface area contributed by atoms with Gasteiger partial charge >= 0.3 is 0 Å². The largest absolute Gasteiger partial charge is 0.368 e. The molecule has 2 aromatic heterocycles. The van der Waals surface area contributed by atoms with Gasteiger partial charge in [-0.2, -0.15) is 5.10 Å². The van der Waals surface area contributed by atoms with Crippen molar-refractivity contribution in [1.29, 1.82) is 0 Å². The van der Waals surface area contributed by atoms with E-state index in [2.05, 4.69) is 20.2 Å². The molecule has 4 rings (SSSR count). The van der Waals surface area contributed by atoms with Gasteiger partial charge in [-0.15, -0.1) is 0 Å². The van der Waals surface area contributed by atoms with Crippen molar-refractivity contribution in [2.24, 2.45) is 0 Å². The van der Waals surface area contributed by atoms with Crippen molar-refractivity contribution >= 4 is 5.91 Å². The Morgan fingerprint density at radius 1 is 1.29 bits per heavy atom. The molecular weight excluding hydrogens is 306 g/mol. The first-order valence-electron chi connectivity index (χ1n) is 8.49. The Kier molecular flexibility index (Phi) is 3.80. The Morgan fingerprint density at radius 3 is 2.75 bits per heavy atom. The summed E-state index contributed by atoms with van der Waals surface area (Å²) in [6.45, 7) is 4.03. The normalized spacial score (nSPS) is 19.3. The number of ether oxygens (including phenoxy) is 1. The van der Waals surface area contributed by atoms with Crippen LogP contribution in [0.2, 0.25) is 0 Å². The van der Waals surface area contributed by atoms with E-state index in [1.54, 1.807) is 12.4 Å². The van der Waals surface area contributed by atoms with Gasteiger partial charge in [0.1, 0.15) is 11.4 Å². The Morgan fingerprint density at radius 2 is 2.04 bits per heavy atom. The number of amides is 1. The highest BCUT2D eigenvalue weighted by atomic mass is 16.5. The number of nitrogens with zero attached hydrogens (tertiary/aromatic N) is 4. The summed E-state index contributed by atoms with van der Waals surface area (Å²) in [5.41, 5.74) is 2.57. The molecule has 126 valence electrons. The van der Waals surface area contributed by atoms with Crippen molar-refractivity contribution in [2.45, 2.75) is 38.2 Å². The maximum Gasteiger partial charge on any atom is 0.256 e. The van der Waals surface area contributed by atoms with E-state index < -0.39 is 0 Å². The van der Waals surface area contributed by atoms with Crippen LogP contribution in [0.15, 0.2) is 18.6 Å². The van der Waals surface area contributed by atoms with Crippen LogP contribution < -0.4 is 0 Å². The highest BCUT2D eigenvalue weighted by molar-refractivity contribution is 5.93. The second-order valence-corrected chi connectivity index (χ2v) is 6.40.